The van der Waals surface area contributed by atoms with Crippen LogP contribution in [0.1, 0.15) is 6.42 Å². The molecule has 0 saturated carbocycles. The van der Waals surface area contributed by atoms with Crippen LogP contribution in [-0.4, -0.2) is 51.2 Å². The Balaban J connectivity index is 0. The average Bonchev–Trinajstić information content (AvgIpc) is 2.04. The van der Waals surface area contributed by atoms with Gasteiger partial charge in [-0.2, -0.15) is 0 Å². The van der Waals surface area contributed by atoms with Gasteiger partial charge in [0, 0.05) is 12.3 Å². The van der Waals surface area contributed by atoms with E-state index in [0.717, 1.165) is 0 Å². The topological polar surface area (TPSA) is 80.9 Å². The second-order valence-electron chi connectivity index (χ2n) is 1.93. The molecule has 0 aromatic heterocycles. The van der Waals surface area contributed by atoms with Crippen LogP contribution in [0.15, 0.2) is 0 Å². The zero-order valence-electron chi connectivity index (χ0n) is 6.53. The summed E-state index contributed by atoms with van der Waals surface area (Å²) in [6, 6.07) is 0. The number of rotatable bonds is 4. The van der Waals surface area contributed by atoms with Crippen LogP contribution in [0, 0.1) is 0 Å². The second-order valence-corrected chi connectivity index (χ2v) is 2.81. The van der Waals surface area contributed by atoms with E-state index in [0.29, 0.717) is 12.3 Å². The van der Waals surface area contributed by atoms with E-state index < -0.39 is 11.7 Å². The Labute approximate surface area is 81.4 Å². The highest BCUT2D eigenvalue weighted by molar-refractivity contribution is 6.21. The van der Waals surface area contributed by atoms with Gasteiger partial charge in [0.1, 0.15) is 11.7 Å². The number of aliphatic hydroxyl groups excluding tert-OH is 4. The molecule has 0 amide bonds. The normalized spacial score (nSPS) is 12.2. The third kappa shape index (κ3) is 16.8. The van der Waals surface area contributed by atoms with Crippen molar-refractivity contribution in [1.29, 1.82) is 0 Å². The number of aliphatic hydroxyl groups is 4. The van der Waals surface area contributed by atoms with Gasteiger partial charge in [0.2, 0.25) is 0 Å². The third-order valence-electron chi connectivity index (χ3n) is 0.769. The molecule has 0 aliphatic heterocycles. The van der Waals surface area contributed by atoms with Crippen molar-refractivity contribution in [3.8, 4) is 0 Å². The lowest BCUT2D eigenvalue weighted by Crippen LogP contribution is -2.15. The fourth-order valence-corrected chi connectivity index (χ4v) is 0.575. The van der Waals surface area contributed by atoms with Crippen LogP contribution >= 0.6 is 23.2 Å². The number of hydrogen-bond donors (Lipinski definition) is 4. The van der Waals surface area contributed by atoms with E-state index in [1.807, 2.05) is 0 Å². The molecule has 0 spiro atoms. The maximum atomic E-state index is 8.23. The quantitative estimate of drug-likeness (QED) is 0.482. The predicted octanol–water partition coefficient (Wildman–Crippen LogP) is -0.496. The summed E-state index contributed by atoms with van der Waals surface area (Å²) in [6.45, 7) is -0.729. The van der Waals surface area contributed by atoms with Gasteiger partial charge < -0.3 is 20.4 Å². The smallest absolute Gasteiger partial charge is 0.129 e. The lowest BCUT2D eigenvalue weighted by molar-refractivity contribution is 0.0450. The molecule has 0 aliphatic rings. The zero-order chi connectivity index (χ0) is 9.98. The van der Waals surface area contributed by atoms with Gasteiger partial charge in [0.05, 0.1) is 13.2 Å². The molecular weight excluding hydrogens is 207 g/mol. The van der Waals surface area contributed by atoms with Gasteiger partial charge in [-0.3, -0.25) is 0 Å². The minimum absolute atomic E-state index is 0.365. The van der Waals surface area contributed by atoms with Crippen molar-refractivity contribution in [1.82, 2.24) is 0 Å². The molecular formula is C6H14Cl2O4. The Morgan fingerprint density at radius 2 is 1.50 bits per heavy atom. The van der Waals surface area contributed by atoms with Crippen LogP contribution in [0.2, 0.25) is 0 Å². The highest BCUT2D eigenvalue weighted by atomic mass is 35.5. The van der Waals surface area contributed by atoms with Crippen molar-refractivity contribution >= 4 is 23.2 Å². The van der Waals surface area contributed by atoms with E-state index in [1.165, 1.54) is 0 Å². The van der Waals surface area contributed by atoms with Gasteiger partial charge in [0.15, 0.2) is 0 Å². The van der Waals surface area contributed by atoms with Crippen LogP contribution in [0.4, 0.5) is 0 Å². The molecule has 4 N–H and O–H groups in total. The Morgan fingerprint density at radius 3 is 1.50 bits per heavy atom. The summed E-state index contributed by atoms with van der Waals surface area (Å²) in [7, 11) is 0. The Bertz CT molecular complexity index is 77.9. The van der Waals surface area contributed by atoms with Gasteiger partial charge in [-0.15, -0.1) is 11.6 Å². The fourth-order valence-electron chi connectivity index (χ4n) is 0.148. The van der Waals surface area contributed by atoms with Gasteiger partial charge in [-0.1, -0.05) is 11.6 Å². The van der Waals surface area contributed by atoms with Crippen molar-refractivity contribution in [2.24, 2.45) is 0 Å². The first-order valence-corrected chi connectivity index (χ1v) is 4.33. The van der Waals surface area contributed by atoms with E-state index in [9.17, 15) is 0 Å². The second kappa shape index (κ2) is 11.4. The van der Waals surface area contributed by atoms with Gasteiger partial charge >= 0.3 is 0 Å². The molecule has 1 unspecified atom stereocenters. The van der Waals surface area contributed by atoms with Crippen LogP contribution in [0.3, 0.4) is 0 Å². The van der Waals surface area contributed by atoms with Crippen LogP contribution in [0.25, 0.3) is 0 Å². The molecule has 0 heterocycles. The predicted molar refractivity (Wildman–Crippen MR) is 47.4 cm³/mol. The molecule has 0 rings (SSSR count). The molecule has 0 saturated heterocycles. The number of hydrogen-bond acceptors (Lipinski definition) is 4. The monoisotopic (exact) mass is 220 g/mol. The van der Waals surface area contributed by atoms with Crippen LogP contribution in [0.5, 0.6) is 0 Å². The van der Waals surface area contributed by atoms with E-state index in [-0.39, 0.29) is 13.2 Å². The summed E-state index contributed by atoms with van der Waals surface area (Å²) in [5, 5.41) is 32.2. The molecule has 0 radical (unpaired) electrons. The fraction of sp³-hybridized carbons (Fsp3) is 1.00. The third-order valence-corrected chi connectivity index (χ3v) is 1.21. The Kier molecular flexibility index (Phi) is 14.2. The summed E-state index contributed by atoms with van der Waals surface area (Å²) >= 11 is 10.2. The first-order valence-electron chi connectivity index (χ1n) is 3.36. The summed E-state index contributed by atoms with van der Waals surface area (Å²) in [6.07, 6.45) is -0.492. The average molecular weight is 221 g/mol. The van der Waals surface area contributed by atoms with Gasteiger partial charge in [0.25, 0.3) is 0 Å². The minimum atomic E-state index is -0.954. The summed E-state index contributed by atoms with van der Waals surface area (Å²) < 4.78 is 0. The van der Waals surface area contributed by atoms with Crippen molar-refractivity contribution < 1.29 is 20.4 Å². The maximum Gasteiger partial charge on any atom is 0.129 e. The van der Waals surface area contributed by atoms with E-state index in [4.69, 9.17) is 43.6 Å². The summed E-state index contributed by atoms with van der Waals surface area (Å²) in [5.74, 6) is 0.421. The minimum Gasteiger partial charge on any atom is -0.394 e. The number of alkyl halides is 2. The zero-order valence-corrected chi connectivity index (χ0v) is 8.04. The Hall–Kier alpha value is 0.420. The molecule has 0 fully saturated rings. The van der Waals surface area contributed by atoms with Crippen LogP contribution < -0.4 is 0 Å². The van der Waals surface area contributed by atoms with Gasteiger partial charge in [-0.05, 0) is 0 Å². The molecule has 76 valence electrons. The molecule has 4 nitrogen and oxygen atoms in total. The largest absolute Gasteiger partial charge is 0.394 e. The molecule has 1 atom stereocenters. The summed E-state index contributed by atoms with van der Waals surface area (Å²) in [5.41, 5.74) is -0.762. The maximum absolute atomic E-state index is 8.23. The lowest BCUT2D eigenvalue weighted by atomic mass is 10.4. The molecule has 0 bridgehead atoms. The number of halogens is 2. The highest BCUT2D eigenvalue weighted by Crippen LogP contribution is 1.96. The first kappa shape index (κ1) is 14.9. The Morgan fingerprint density at radius 1 is 1.08 bits per heavy atom. The van der Waals surface area contributed by atoms with Crippen molar-refractivity contribution in [3.63, 3.8) is 0 Å². The van der Waals surface area contributed by atoms with Crippen molar-refractivity contribution in [3.05, 3.63) is 0 Å². The lowest BCUT2D eigenvalue weighted by Gasteiger charge is -1.96. The molecule has 12 heavy (non-hydrogen) atoms. The molecule has 0 aliphatic carbocycles. The SMILES string of the molecule is OC(Cl)CCCl.OCC(O)CO. The molecule has 6 heteroatoms. The van der Waals surface area contributed by atoms with E-state index >= 15 is 0 Å². The molecule has 0 aromatic carbocycles. The van der Waals surface area contributed by atoms with Crippen molar-refractivity contribution in [2.45, 2.75) is 18.1 Å². The molecule has 0 aromatic rings. The summed E-state index contributed by atoms with van der Waals surface area (Å²) in [4.78, 5) is 0. The standard InChI is InChI=1S/C3H6Cl2O.C3H8O3/c4-2-1-3(5)6;4-1-3(6)2-5/h3,6H,1-2H2;3-6H,1-2H2. The van der Waals surface area contributed by atoms with Gasteiger partial charge in [-0.25, -0.2) is 0 Å². The van der Waals surface area contributed by atoms with E-state index in [1.54, 1.807) is 0 Å². The van der Waals surface area contributed by atoms with Crippen molar-refractivity contribution in [2.75, 3.05) is 19.1 Å². The van der Waals surface area contributed by atoms with E-state index in [2.05, 4.69) is 0 Å². The highest BCUT2D eigenvalue weighted by Gasteiger charge is 1.93. The first-order chi connectivity index (χ1) is 5.58. The van der Waals surface area contributed by atoms with Crippen LogP contribution in [-0.2, 0) is 0 Å².